The summed E-state index contributed by atoms with van der Waals surface area (Å²) in [6.45, 7) is 8.07. The highest BCUT2D eigenvalue weighted by Gasteiger charge is 2.22. The van der Waals surface area contributed by atoms with Crippen molar-refractivity contribution in [3.63, 3.8) is 0 Å². The van der Waals surface area contributed by atoms with Gasteiger partial charge >= 0.3 is 0 Å². The van der Waals surface area contributed by atoms with Crippen molar-refractivity contribution < 1.29 is 4.79 Å². The molecule has 0 aromatic heterocycles. The van der Waals surface area contributed by atoms with Crippen LogP contribution in [0.4, 0.5) is 0 Å². The molecule has 1 rings (SSSR count). The Hall–Kier alpha value is -0.570. The Morgan fingerprint density at radius 1 is 1.33 bits per heavy atom. The van der Waals surface area contributed by atoms with Crippen LogP contribution in [0.25, 0.3) is 0 Å². The third-order valence-electron chi connectivity index (χ3n) is 2.82. The predicted molar refractivity (Wildman–Crippen MR) is 62.7 cm³/mol. The Morgan fingerprint density at radius 3 is 2.53 bits per heavy atom. The third kappa shape index (κ3) is 5.78. The van der Waals surface area contributed by atoms with E-state index in [1.54, 1.807) is 0 Å². The molecule has 1 fully saturated rings. The van der Waals surface area contributed by atoms with Crippen LogP contribution in [0.3, 0.4) is 0 Å². The number of hydrogen-bond acceptors (Lipinski definition) is 2. The molecule has 0 saturated heterocycles. The van der Waals surface area contributed by atoms with Crippen LogP contribution in [-0.2, 0) is 4.79 Å². The van der Waals surface area contributed by atoms with Crippen molar-refractivity contribution in [3.8, 4) is 0 Å². The Balaban J connectivity index is 2.03. The van der Waals surface area contributed by atoms with E-state index < -0.39 is 0 Å². The number of rotatable bonds is 7. The lowest BCUT2D eigenvalue weighted by Gasteiger charge is -2.14. The van der Waals surface area contributed by atoms with Crippen molar-refractivity contribution >= 4 is 5.91 Å². The smallest absolute Gasteiger partial charge is 0.236 e. The first-order valence-corrected chi connectivity index (χ1v) is 6.10. The van der Waals surface area contributed by atoms with E-state index in [1.807, 2.05) is 6.92 Å². The van der Waals surface area contributed by atoms with Crippen LogP contribution in [0.1, 0.15) is 40.0 Å². The molecule has 1 saturated carbocycles. The standard InChI is InChI=1S/C12H24N2O/c1-9(2)6-7-13-12(15)10(3)14-8-11-4-5-11/h9-11,14H,4-8H2,1-3H3,(H,13,15). The van der Waals surface area contributed by atoms with E-state index in [-0.39, 0.29) is 11.9 Å². The molecule has 0 spiro atoms. The van der Waals surface area contributed by atoms with Gasteiger partial charge in [0.25, 0.3) is 0 Å². The molecule has 0 aromatic rings. The van der Waals surface area contributed by atoms with Gasteiger partial charge in [0.05, 0.1) is 6.04 Å². The van der Waals surface area contributed by atoms with Gasteiger partial charge in [-0.1, -0.05) is 13.8 Å². The molecule has 2 N–H and O–H groups in total. The molecule has 3 nitrogen and oxygen atoms in total. The van der Waals surface area contributed by atoms with E-state index in [1.165, 1.54) is 12.8 Å². The zero-order valence-electron chi connectivity index (χ0n) is 10.2. The fraction of sp³-hybridized carbons (Fsp3) is 0.917. The molecule has 15 heavy (non-hydrogen) atoms. The zero-order chi connectivity index (χ0) is 11.3. The minimum atomic E-state index is -0.0437. The SMILES string of the molecule is CC(C)CCNC(=O)C(C)NCC1CC1. The Labute approximate surface area is 93.0 Å². The second kappa shape index (κ2) is 6.11. The van der Waals surface area contributed by atoms with Crippen LogP contribution in [-0.4, -0.2) is 25.0 Å². The molecule has 0 aromatic carbocycles. The van der Waals surface area contributed by atoms with E-state index >= 15 is 0 Å². The molecule has 0 heterocycles. The molecule has 0 radical (unpaired) electrons. The van der Waals surface area contributed by atoms with Crippen LogP contribution in [0, 0.1) is 11.8 Å². The summed E-state index contributed by atoms with van der Waals surface area (Å²) in [6, 6.07) is -0.0437. The lowest BCUT2D eigenvalue weighted by atomic mass is 10.1. The molecular formula is C12H24N2O. The molecule has 0 bridgehead atoms. The lowest BCUT2D eigenvalue weighted by Crippen LogP contribution is -2.43. The minimum absolute atomic E-state index is 0.0437. The number of carbonyl (C=O) groups is 1. The van der Waals surface area contributed by atoms with Crippen LogP contribution in [0.15, 0.2) is 0 Å². The van der Waals surface area contributed by atoms with E-state index in [0.717, 1.165) is 25.4 Å². The fourth-order valence-corrected chi connectivity index (χ4v) is 1.40. The van der Waals surface area contributed by atoms with Gasteiger partial charge in [-0.3, -0.25) is 4.79 Å². The Bertz CT molecular complexity index is 200. The van der Waals surface area contributed by atoms with Crippen LogP contribution in [0.2, 0.25) is 0 Å². The topological polar surface area (TPSA) is 41.1 Å². The first-order valence-electron chi connectivity index (χ1n) is 6.10. The summed E-state index contributed by atoms with van der Waals surface area (Å²) in [5.41, 5.74) is 0. The van der Waals surface area contributed by atoms with Crippen molar-refractivity contribution in [2.75, 3.05) is 13.1 Å². The summed E-state index contributed by atoms with van der Waals surface area (Å²) in [5, 5.41) is 6.23. The number of carbonyl (C=O) groups excluding carboxylic acids is 1. The highest BCUT2D eigenvalue weighted by atomic mass is 16.2. The first-order chi connectivity index (χ1) is 7.09. The number of amides is 1. The number of nitrogens with one attached hydrogen (secondary N) is 2. The van der Waals surface area contributed by atoms with Crippen LogP contribution < -0.4 is 10.6 Å². The molecular weight excluding hydrogens is 188 g/mol. The summed E-state index contributed by atoms with van der Waals surface area (Å²) in [5.74, 6) is 1.62. The summed E-state index contributed by atoms with van der Waals surface area (Å²) in [6.07, 6.45) is 3.71. The normalized spacial score (nSPS) is 17.9. The molecule has 1 amide bonds. The zero-order valence-corrected chi connectivity index (χ0v) is 10.2. The van der Waals surface area contributed by atoms with E-state index in [0.29, 0.717) is 5.92 Å². The highest BCUT2D eigenvalue weighted by Crippen LogP contribution is 2.27. The molecule has 1 aliphatic carbocycles. The van der Waals surface area contributed by atoms with E-state index in [2.05, 4.69) is 24.5 Å². The molecule has 3 heteroatoms. The average molecular weight is 212 g/mol. The molecule has 0 aliphatic heterocycles. The van der Waals surface area contributed by atoms with Gasteiger partial charge in [-0.05, 0) is 44.6 Å². The summed E-state index contributed by atoms with van der Waals surface area (Å²) in [4.78, 5) is 11.6. The van der Waals surface area contributed by atoms with Gasteiger partial charge in [-0.25, -0.2) is 0 Å². The number of hydrogen-bond donors (Lipinski definition) is 2. The van der Waals surface area contributed by atoms with Gasteiger partial charge in [0.15, 0.2) is 0 Å². The average Bonchev–Trinajstić information content (AvgIpc) is 2.96. The maximum atomic E-state index is 11.6. The van der Waals surface area contributed by atoms with Gasteiger partial charge in [0.2, 0.25) is 5.91 Å². The van der Waals surface area contributed by atoms with Gasteiger partial charge < -0.3 is 10.6 Å². The van der Waals surface area contributed by atoms with Gasteiger partial charge in [0, 0.05) is 6.54 Å². The molecule has 1 aliphatic rings. The molecule has 1 atom stereocenters. The maximum Gasteiger partial charge on any atom is 0.236 e. The summed E-state index contributed by atoms with van der Waals surface area (Å²) in [7, 11) is 0. The van der Waals surface area contributed by atoms with Crippen molar-refractivity contribution in [2.24, 2.45) is 11.8 Å². The Morgan fingerprint density at radius 2 is 2.00 bits per heavy atom. The Kier molecular flexibility index (Phi) is 5.09. The highest BCUT2D eigenvalue weighted by molar-refractivity contribution is 5.81. The van der Waals surface area contributed by atoms with Crippen LogP contribution >= 0.6 is 0 Å². The minimum Gasteiger partial charge on any atom is -0.355 e. The van der Waals surface area contributed by atoms with E-state index in [4.69, 9.17) is 0 Å². The molecule has 88 valence electrons. The fourth-order valence-electron chi connectivity index (χ4n) is 1.40. The summed E-state index contributed by atoms with van der Waals surface area (Å²) >= 11 is 0. The largest absolute Gasteiger partial charge is 0.355 e. The second-order valence-corrected chi connectivity index (χ2v) is 5.05. The quantitative estimate of drug-likeness (QED) is 0.672. The van der Waals surface area contributed by atoms with Crippen molar-refractivity contribution in [3.05, 3.63) is 0 Å². The monoisotopic (exact) mass is 212 g/mol. The second-order valence-electron chi connectivity index (χ2n) is 5.05. The van der Waals surface area contributed by atoms with Gasteiger partial charge in [-0.2, -0.15) is 0 Å². The van der Waals surface area contributed by atoms with Crippen molar-refractivity contribution in [1.29, 1.82) is 0 Å². The van der Waals surface area contributed by atoms with Crippen LogP contribution in [0.5, 0.6) is 0 Å². The van der Waals surface area contributed by atoms with Crippen molar-refractivity contribution in [1.82, 2.24) is 10.6 Å². The lowest BCUT2D eigenvalue weighted by molar-refractivity contribution is -0.122. The first kappa shape index (κ1) is 12.5. The van der Waals surface area contributed by atoms with Crippen molar-refractivity contribution in [2.45, 2.75) is 46.1 Å². The summed E-state index contributed by atoms with van der Waals surface area (Å²) < 4.78 is 0. The van der Waals surface area contributed by atoms with Gasteiger partial charge in [-0.15, -0.1) is 0 Å². The molecule has 1 unspecified atom stereocenters. The predicted octanol–water partition coefficient (Wildman–Crippen LogP) is 1.54. The van der Waals surface area contributed by atoms with E-state index in [9.17, 15) is 4.79 Å². The van der Waals surface area contributed by atoms with Gasteiger partial charge in [0.1, 0.15) is 0 Å². The maximum absolute atomic E-state index is 11.6. The third-order valence-corrected chi connectivity index (χ3v) is 2.82.